The summed E-state index contributed by atoms with van der Waals surface area (Å²) in [5.41, 5.74) is 4.85. The Kier molecular flexibility index (Phi) is 4.51. The molecule has 18 heavy (non-hydrogen) atoms. The molecular formula is C15H15ClIN. The third kappa shape index (κ3) is 3.62. The summed E-state index contributed by atoms with van der Waals surface area (Å²) in [5.74, 6) is 0. The minimum Gasteiger partial charge on any atom is -0.380 e. The van der Waals surface area contributed by atoms with Gasteiger partial charge in [0.05, 0.1) is 10.7 Å². The van der Waals surface area contributed by atoms with Crippen molar-refractivity contribution < 1.29 is 0 Å². The van der Waals surface area contributed by atoms with E-state index in [2.05, 4.69) is 66.0 Å². The van der Waals surface area contributed by atoms with Crippen LogP contribution in [0.25, 0.3) is 0 Å². The molecule has 94 valence electrons. The van der Waals surface area contributed by atoms with Crippen molar-refractivity contribution in [2.24, 2.45) is 0 Å². The molecule has 0 aliphatic heterocycles. The molecule has 0 aliphatic rings. The van der Waals surface area contributed by atoms with Crippen molar-refractivity contribution in [2.45, 2.75) is 20.4 Å². The number of hydrogen-bond donors (Lipinski definition) is 1. The van der Waals surface area contributed by atoms with Crippen LogP contribution < -0.4 is 5.32 Å². The van der Waals surface area contributed by atoms with Crippen molar-refractivity contribution in [3.8, 4) is 0 Å². The zero-order chi connectivity index (χ0) is 13.1. The summed E-state index contributed by atoms with van der Waals surface area (Å²) in [6, 6.07) is 12.6. The molecule has 0 heterocycles. The fourth-order valence-corrected chi connectivity index (χ4v) is 2.92. The van der Waals surface area contributed by atoms with Crippen molar-refractivity contribution in [3.63, 3.8) is 0 Å². The molecule has 2 rings (SSSR count). The Labute approximate surface area is 127 Å². The maximum absolute atomic E-state index is 6.19. The van der Waals surface area contributed by atoms with Gasteiger partial charge in [0.25, 0.3) is 0 Å². The van der Waals surface area contributed by atoms with Crippen molar-refractivity contribution in [2.75, 3.05) is 5.32 Å². The summed E-state index contributed by atoms with van der Waals surface area (Å²) in [5, 5.41) is 4.15. The first-order chi connectivity index (χ1) is 8.54. The summed E-state index contributed by atoms with van der Waals surface area (Å²) >= 11 is 8.45. The topological polar surface area (TPSA) is 12.0 Å². The molecule has 0 aromatic heterocycles. The van der Waals surface area contributed by atoms with Gasteiger partial charge in [-0.1, -0.05) is 40.9 Å². The van der Waals surface area contributed by atoms with Gasteiger partial charge in [0, 0.05) is 10.1 Å². The average Bonchev–Trinajstić information content (AvgIpc) is 2.26. The van der Waals surface area contributed by atoms with Crippen LogP contribution in [0.5, 0.6) is 0 Å². The van der Waals surface area contributed by atoms with E-state index in [1.165, 1.54) is 16.7 Å². The van der Waals surface area contributed by atoms with Gasteiger partial charge in [0.15, 0.2) is 0 Å². The molecule has 1 nitrogen and oxygen atoms in total. The third-order valence-electron chi connectivity index (χ3n) is 2.70. The lowest BCUT2D eigenvalue weighted by atomic mass is 10.1. The molecule has 2 aromatic carbocycles. The quantitative estimate of drug-likeness (QED) is 0.734. The van der Waals surface area contributed by atoms with Gasteiger partial charge in [-0.25, -0.2) is 0 Å². The largest absolute Gasteiger partial charge is 0.380 e. The highest BCUT2D eigenvalue weighted by Crippen LogP contribution is 2.24. The maximum Gasteiger partial charge on any atom is 0.0648 e. The van der Waals surface area contributed by atoms with Gasteiger partial charge in [-0.15, -0.1) is 0 Å². The minimum absolute atomic E-state index is 0.770. The normalized spacial score (nSPS) is 10.4. The van der Waals surface area contributed by atoms with Gasteiger partial charge in [0.2, 0.25) is 0 Å². The van der Waals surface area contributed by atoms with Gasteiger partial charge in [-0.3, -0.25) is 0 Å². The molecule has 0 fully saturated rings. The second kappa shape index (κ2) is 5.93. The van der Waals surface area contributed by atoms with E-state index in [-0.39, 0.29) is 0 Å². The Balaban J connectivity index is 2.11. The lowest BCUT2D eigenvalue weighted by Gasteiger charge is -2.10. The summed E-state index contributed by atoms with van der Waals surface area (Å²) in [6.07, 6.45) is 0. The van der Waals surface area contributed by atoms with Gasteiger partial charge in [-0.05, 0) is 60.2 Å². The van der Waals surface area contributed by atoms with Gasteiger partial charge in [0.1, 0.15) is 0 Å². The lowest BCUT2D eigenvalue weighted by molar-refractivity contribution is 1.13. The van der Waals surface area contributed by atoms with Crippen LogP contribution in [0.1, 0.15) is 16.7 Å². The monoisotopic (exact) mass is 371 g/mol. The summed E-state index contributed by atoms with van der Waals surface area (Å²) in [6.45, 7) is 5.03. The van der Waals surface area contributed by atoms with Crippen molar-refractivity contribution in [1.82, 2.24) is 0 Å². The zero-order valence-corrected chi connectivity index (χ0v) is 13.3. The van der Waals surface area contributed by atoms with E-state index in [4.69, 9.17) is 11.6 Å². The predicted molar refractivity (Wildman–Crippen MR) is 87.4 cm³/mol. The smallest absolute Gasteiger partial charge is 0.0648 e. The Hall–Kier alpha value is -0.740. The lowest BCUT2D eigenvalue weighted by Crippen LogP contribution is -2.00. The predicted octanol–water partition coefficient (Wildman–Crippen LogP) is 5.17. The van der Waals surface area contributed by atoms with E-state index in [1.54, 1.807) is 0 Å². The van der Waals surface area contributed by atoms with E-state index >= 15 is 0 Å². The third-order valence-corrected chi connectivity index (χ3v) is 3.68. The van der Waals surface area contributed by atoms with Crippen molar-refractivity contribution in [3.05, 3.63) is 61.7 Å². The fraction of sp³-hybridized carbons (Fsp3) is 0.200. The van der Waals surface area contributed by atoms with Gasteiger partial charge in [-0.2, -0.15) is 0 Å². The first-order valence-electron chi connectivity index (χ1n) is 5.81. The fourth-order valence-electron chi connectivity index (χ4n) is 2.00. The number of rotatable bonds is 3. The van der Waals surface area contributed by atoms with E-state index in [0.29, 0.717) is 0 Å². The van der Waals surface area contributed by atoms with Gasteiger partial charge >= 0.3 is 0 Å². The highest BCUT2D eigenvalue weighted by Gasteiger charge is 2.01. The number of nitrogens with one attached hydrogen (secondary N) is 1. The molecule has 1 N–H and O–H groups in total. The van der Waals surface area contributed by atoms with E-state index in [0.717, 1.165) is 20.8 Å². The Morgan fingerprint density at radius 2 is 1.72 bits per heavy atom. The molecule has 0 unspecified atom stereocenters. The highest BCUT2D eigenvalue weighted by atomic mass is 127. The first-order valence-corrected chi connectivity index (χ1v) is 7.26. The molecular weight excluding hydrogens is 357 g/mol. The van der Waals surface area contributed by atoms with Crippen LogP contribution >= 0.6 is 34.2 Å². The average molecular weight is 372 g/mol. The van der Waals surface area contributed by atoms with Crippen LogP contribution in [0.3, 0.4) is 0 Å². The van der Waals surface area contributed by atoms with Crippen LogP contribution in [0.2, 0.25) is 5.02 Å². The minimum atomic E-state index is 0.770. The zero-order valence-electron chi connectivity index (χ0n) is 10.4. The Morgan fingerprint density at radius 1 is 1.06 bits per heavy atom. The standard InChI is InChI=1S/C15H15ClIN/c1-10-5-11(2)7-12(6-10)9-18-15-4-3-13(17)8-14(15)16/h3-8,18H,9H2,1-2H3. The number of aryl methyl sites for hydroxylation is 2. The molecule has 0 atom stereocenters. The number of halogens is 2. The molecule has 0 aliphatic carbocycles. The van der Waals surface area contributed by atoms with Crippen LogP contribution in [0, 0.1) is 17.4 Å². The van der Waals surface area contributed by atoms with Crippen LogP contribution in [0.15, 0.2) is 36.4 Å². The number of anilines is 1. The van der Waals surface area contributed by atoms with E-state index in [9.17, 15) is 0 Å². The molecule has 0 spiro atoms. The first kappa shape index (κ1) is 13.7. The van der Waals surface area contributed by atoms with E-state index in [1.807, 2.05) is 12.1 Å². The Morgan fingerprint density at radius 3 is 2.33 bits per heavy atom. The Bertz CT molecular complexity index is 546. The molecule has 0 bridgehead atoms. The second-order valence-electron chi connectivity index (χ2n) is 4.47. The summed E-state index contributed by atoms with van der Waals surface area (Å²) in [4.78, 5) is 0. The highest BCUT2D eigenvalue weighted by molar-refractivity contribution is 14.1. The van der Waals surface area contributed by atoms with Crippen LogP contribution in [-0.4, -0.2) is 0 Å². The summed E-state index contributed by atoms with van der Waals surface area (Å²) < 4.78 is 1.15. The molecule has 0 radical (unpaired) electrons. The number of benzene rings is 2. The SMILES string of the molecule is Cc1cc(C)cc(CNc2ccc(I)cc2Cl)c1. The van der Waals surface area contributed by atoms with Crippen LogP contribution in [-0.2, 0) is 6.54 Å². The summed E-state index contributed by atoms with van der Waals surface area (Å²) in [7, 11) is 0. The molecule has 0 saturated carbocycles. The van der Waals surface area contributed by atoms with Crippen LogP contribution in [0.4, 0.5) is 5.69 Å². The second-order valence-corrected chi connectivity index (χ2v) is 6.13. The maximum atomic E-state index is 6.19. The van der Waals surface area contributed by atoms with Crippen molar-refractivity contribution in [1.29, 1.82) is 0 Å². The molecule has 0 saturated heterocycles. The van der Waals surface area contributed by atoms with Crippen molar-refractivity contribution >= 4 is 39.9 Å². The molecule has 3 heteroatoms. The van der Waals surface area contributed by atoms with Gasteiger partial charge < -0.3 is 5.32 Å². The van der Waals surface area contributed by atoms with E-state index < -0.39 is 0 Å². The number of hydrogen-bond acceptors (Lipinski definition) is 1. The molecule has 0 amide bonds. The molecule has 2 aromatic rings.